The molecule has 0 amide bonds. The van der Waals surface area contributed by atoms with Gasteiger partial charge in [-0.25, -0.2) is 9.59 Å². The van der Waals surface area contributed by atoms with Gasteiger partial charge in [-0.3, -0.25) is 0 Å². The van der Waals surface area contributed by atoms with E-state index in [9.17, 15) is 22.8 Å². The van der Waals surface area contributed by atoms with Crippen LogP contribution in [0.2, 0.25) is 0 Å². The Morgan fingerprint density at radius 3 is 1.90 bits per heavy atom. The van der Waals surface area contributed by atoms with Crippen molar-refractivity contribution in [2.24, 2.45) is 0 Å². The average Bonchev–Trinajstić information content (AvgIpc) is 2.91. The lowest BCUT2D eigenvalue weighted by molar-refractivity contribution is -0.222. The highest BCUT2D eigenvalue weighted by atomic mass is 19.4. The van der Waals surface area contributed by atoms with Crippen molar-refractivity contribution in [3.8, 4) is 0 Å². The fourth-order valence-electron chi connectivity index (χ4n) is 4.81. The van der Waals surface area contributed by atoms with Gasteiger partial charge in [0, 0.05) is 32.6 Å². The van der Waals surface area contributed by atoms with Gasteiger partial charge in [-0.05, 0) is 54.7 Å². The molecule has 0 aromatic heterocycles. The van der Waals surface area contributed by atoms with E-state index in [1.807, 2.05) is 17.0 Å². The number of aryl methyl sites for hydroxylation is 1. The Bertz CT molecular complexity index is 1180. The summed E-state index contributed by atoms with van der Waals surface area (Å²) >= 11 is 0. The van der Waals surface area contributed by atoms with E-state index in [2.05, 4.69) is 31.3 Å². The van der Waals surface area contributed by atoms with Crippen LogP contribution in [0.25, 0.3) is 0 Å². The number of ether oxygens (including phenoxy) is 2. The number of carbonyl (C=O) groups is 2. The van der Waals surface area contributed by atoms with E-state index in [0.29, 0.717) is 13.1 Å². The minimum absolute atomic E-state index is 0.141. The first kappa shape index (κ1) is 33.0. The third-order valence-electron chi connectivity index (χ3n) is 7.11. The molecule has 1 heterocycles. The molecule has 2 aromatic rings. The summed E-state index contributed by atoms with van der Waals surface area (Å²) in [6.45, 7) is 8.10. The zero-order valence-corrected chi connectivity index (χ0v) is 25.1. The summed E-state index contributed by atoms with van der Waals surface area (Å²) < 4.78 is 50.4. The normalized spacial score (nSPS) is 14.8. The number of benzene rings is 2. The number of esters is 2. The molecule has 2 aromatic carbocycles. The molecule has 1 saturated heterocycles. The van der Waals surface area contributed by atoms with Crippen LogP contribution in [0.15, 0.2) is 59.9 Å². The minimum Gasteiger partial charge on any atom is -0.419 e. The van der Waals surface area contributed by atoms with Crippen molar-refractivity contribution in [3.63, 3.8) is 0 Å². The van der Waals surface area contributed by atoms with E-state index in [0.717, 1.165) is 69.1 Å². The molecule has 0 saturated carbocycles. The summed E-state index contributed by atoms with van der Waals surface area (Å²) in [5, 5.41) is 3.07. The second kappa shape index (κ2) is 15.1. The van der Waals surface area contributed by atoms with Gasteiger partial charge < -0.3 is 19.7 Å². The molecule has 6 nitrogen and oxygen atoms in total. The fraction of sp³-hybridized carbons (Fsp3) is 0.515. The van der Waals surface area contributed by atoms with Gasteiger partial charge in [0.25, 0.3) is 5.79 Å². The molecule has 230 valence electrons. The molecule has 0 unspecified atom stereocenters. The van der Waals surface area contributed by atoms with Crippen LogP contribution < -0.4 is 5.32 Å². The van der Waals surface area contributed by atoms with E-state index in [4.69, 9.17) is 9.47 Å². The topological polar surface area (TPSA) is 67.9 Å². The van der Waals surface area contributed by atoms with Gasteiger partial charge in [-0.15, -0.1) is 0 Å². The highest BCUT2D eigenvalue weighted by molar-refractivity contribution is 6.16. The molecule has 0 spiro atoms. The first-order chi connectivity index (χ1) is 19.9. The van der Waals surface area contributed by atoms with Crippen LogP contribution in [-0.4, -0.2) is 29.2 Å². The van der Waals surface area contributed by atoms with Gasteiger partial charge >= 0.3 is 18.1 Å². The quantitative estimate of drug-likeness (QED) is 0.0976. The molecule has 0 atom stereocenters. The summed E-state index contributed by atoms with van der Waals surface area (Å²) in [4.78, 5) is 28.2. The van der Waals surface area contributed by atoms with Crippen molar-refractivity contribution in [1.82, 2.24) is 4.90 Å². The van der Waals surface area contributed by atoms with Crippen molar-refractivity contribution in [1.29, 1.82) is 0 Å². The molecule has 1 fully saturated rings. The van der Waals surface area contributed by atoms with E-state index in [-0.39, 0.29) is 17.1 Å². The third kappa shape index (κ3) is 9.81. The molecule has 0 aliphatic carbocycles. The largest absolute Gasteiger partial charge is 0.419 e. The van der Waals surface area contributed by atoms with Crippen molar-refractivity contribution in [2.75, 3.05) is 11.9 Å². The Hall–Kier alpha value is -3.49. The van der Waals surface area contributed by atoms with Gasteiger partial charge in [0.15, 0.2) is 5.57 Å². The van der Waals surface area contributed by atoms with E-state index in [1.54, 1.807) is 0 Å². The van der Waals surface area contributed by atoms with Gasteiger partial charge in [0.05, 0.1) is 5.56 Å². The van der Waals surface area contributed by atoms with Gasteiger partial charge in [-0.2, -0.15) is 13.2 Å². The van der Waals surface area contributed by atoms with E-state index < -0.39 is 29.5 Å². The van der Waals surface area contributed by atoms with Crippen LogP contribution in [-0.2, 0) is 38.2 Å². The van der Waals surface area contributed by atoms with Crippen molar-refractivity contribution < 1.29 is 32.2 Å². The molecule has 1 aliphatic rings. The number of nitrogens with zero attached hydrogens (tertiary/aromatic N) is 1. The lowest BCUT2D eigenvalue weighted by atomic mass is 10.0. The molecule has 0 bridgehead atoms. The molecular weight excluding hydrogens is 545 g/mol. The number of nitrogens with one attached hydrogen (secondary N) is 1. The number of anilines is 1. The number of hydrogen-bond acceptors (Lipinski definition) is 6. The van der Waals surface area contributed by atoms with Crippen molar-refractivity contribution in [3.05, 3.63) is 76.6 Å². The SMILES string of the molecule is CCCCCCCN(Cc1ccc(CCCCC)cc1)C(Nc1ccc(C(F)(F)F)cc1)=C1C(=O)OC(C)(C)OC1=O. The summed E-state index contributed by atoms with van der Waals surface area (Å²) in [5.74, 6) is -3.00. The molecule has 1 aliphatic heterocycles. The second-order valence-corrected chi connectivity index (χ2v) is 11.2. The predicted molar refractivity (Wildman–Crippen MR) is 157 cm³/mol. The van der Waals surface area contributed by atoms with Crippen LogP contribution >= 0.6 is 0 Å². The fourth-order valence-corrected chi connectivity index (χ4v) is 4.81. The average molecular weight is 589 g/mol. The molecule has 9 heteroatoms. The maximum absolute atomic E-state index is 13.2. The number of alkyl halides is 3. The summed E-state index contributed by atoms with van der Waals surface area (Å²) in [7, 11) is 0. The number of unbranched alkanes of at least 4 members (excludes halogenated alkanes) is 6. The lowest BCUT2D eigenvalue weighted by Crippen LogP contribution is -2.44. The first-order valence-corrected chi connectivity index (χ1v) is 14.9. The summed E-state index contributed by atoms with van der Waals surface area (Å²) in [6, 6.07) is 12.7. The van der Waals surface area contributed by atoms with E-state index >= 15 is 0 Å². The smallest absolute Gasteiger partial charge is 0.416 e. The number of cyclic esters (lactones) is 2. The number of halogens is 3. The van der Waals surface area contributed by atoms with Crippen LogP contribution in [0.5, 0.6) is 0 Å². The highest BCUT2D eigenvalue weighted by Gasteiger charge is 2.42. The third-order valence-corrected chi connectivity index (χ3v) is 7.11. The van der Waals surface area contributed by atoms with Gasteiger partial charge in [-0.1, -0.05) is 76.6 Å². The Morgan fingerprint density at radius 1 is 0.786 bits per heavy atom. The van der Waals surface area contributed by atoms with Crippen LogP contribution in [0.4, 0.5) is 18.9 Å². The minimum atomic E-state index is -4.49. The Balaban J connectivity index is 1.99. The van der Waals surface area contributed by atoms with Crippen LogP contribution in [0.1, 0.15) is 95.8 Å². The monoisotopic (exact) mass is 588 g/mol. The lowest BCUT2D eigenvalue weighted by Gasteiger charge is -2.34. The van der Waals surface area contributed by atoms with Crippen molar-refractivity contribution >= 4 is 17.6 Å². The molecule has 42 heavy (non-hydrogen) atoms. The summed E-state index contributed by atoms with van der Waals surface area (Å²) in [6.07, 6.45) is 4.92. The predicted octanol–water partition coefficient (Wildman–Crippen LogP) is 8.37. The zero-order chi connectivity index (χ0) is 30.8. The van der Waals surface area contributed by atoms with Crippen molar-refractivity contribution in [2.45, 2.75) is 104 Å². The Kier molecular flexibility index (Phi) is 11.9. The van der Waals surface area contributed by atoms with Crippen LogP contribution in [0, 0.1) is 0 Å². The maximum atomic E-state index is 13.2. The summed E-state index contributed by atoms with van der Waals surface area (Å²) in [5.41, 5.74) is 1.37. The maximum Gasteiger partial charge on any atom is 0.416 e. The Morgan fingerprint density at radius 2 is 1.33 bits per heavy atom. The standard InChI is InChI=1S/C33H43F3N2O4/c1-5-7-9-10-12-22-38(23-25-16-14-24(15-17-25)13-11-8-6-2)29(28-30(39)41-32(3,4)42-31(28)40)37-27-20-18-26(19-21-27)33(34,35)36/h14-21,37H,5-13,22-23H2,1-4H3. The zero-order valence-electron chi connectivity index (χ0n) is 25.1. The number of carbonyl (C=O) groups excluding carboxylic acids is 2. The second-order valence-electron chi connectivity index (χ2n) is 11.2. The van der Waals surface area contributed by atoms with Gasteiger partial charge in [0.1, 0.15) is 5.82 Å². The highest BCUT2D eigenvalue weighted by Crippen LogP contribution is 2.32. The molecule has 1 N–H and O–H groups in total. The molecule has 3 rings (SSSR count). The van der Waals surface area contributed by atoms with Gasteiger partial charge in [0.2, 0.25) is 0 Å². The molecule has 0 radical (unpaired) electrons. The first-order valence-electron chi connectivity index (χ1n) is 14.9. The number of hydrogen-bond donors (Lipinski definition) is 1. The Labute approximate surface area is 247 Å². The van der Waals surface area contributed by atoms with Crippen LogP contribution in [0.3, 0.4) is 0 Å². The molecular formula is C33H43F3N2O4. The number of rotatable bonds is 15. The van der Waals surface area contributed by atoms with E-state index in [1.165, 1.54) is 38.0 Å².